The predicted octanol–water partition coefficient (Wildman–Crippen LogP) is 3.96. The summed E-state index contributed by atoms with van der Waals surface area (Å²) in [6.07, 6.45) is 9.77. The SMILES string of the molecule is C#CCCC1(CCN(C(=O)COCCF)C(C(=O)NC2CCC2)c2cccc(OC(C)C)c2)N=N1. The van der Waals surface area contributed by atoms with Gasteiger partial charge < -0.3 is 19.7 Å². The van der Waals surface area contributed by atoms with Gasteiger partial charge in [0.1, 0.15) is 25.1 Å². The van der Waals surface area contributed by atoms with Gasteiger partial charge in [-0.3, -0.25) is 9.59 Å². The second kappa shape index (κ2) is 12.6. The Hall–Kier alpha value is -2.99. The minimum Gasteiger partial charge on any atom is -0.491 e. The van der Waals surface area contributed by atoms with Gasteiger partial charge >= 0.3 is 0 Å². The molecule has 35 heavy (non-hydrogen) atoms. The Kier molecular flexibility index (Phi) is 9.61. The van der Waals surface area contributed by atoms with Crippen LogP contribution in [0.3, 0.4) is 0 Å². The second-order valence-corrected chi connectivity index (χ2v) is 9.24. The number of terminal acetylenes is 1. The van der Waals surface area contributed by atoms with Crippen LogP contribution in [-0.2, 0) is 14.3 Å². The van der Waals surface area contributed by atoms with Gasteiger partial charge in [0, 0.05) is 31.8 Å². The molecule has 0 aromatic heterocycles. The summed E-state index contributed by atoms with van der Waals surface area (Å²) in [6, 6.07) is 6.40. The van der Waals surface area contributed by atoms with E-state index in [1.165, 1.54) is 4.90 Å². The molecule has 1 aliphatic carbocycles. The van der Waals surface area contributed by atoms with Crippen molar-refractivity contribution in [3.8, 4) is 18.1 Å². The smallest absolute Gasteiger partial charge is 0.249 e. The molecule has 1 aliphatic heterocycles. The molecule has 0 spiro atoms. The monoisotopic (exact) mass is 486 g/mol. The molecule has 1 fully saturated rings. The minimum absolute atomic E-state index is 0.0477. The molecule has 2 aliphatic rings. The summed E-state index contributed by atoms with van der Waals surface area (Å²) in [4.78, 5) is 28.3. The molecule has 8 nitrogen and oxygen atoms in total. The lowest BCUT2D eigenvalue weighted by atomic mass is 9.92. The number of benzene rings is 1. The van der Waals surface area contributed by atoms with Crippen molar-refractivity contribution < 1.29 is 23.5 Å². The molecule has 0 bridgehead atoms. The Labute approximate surface area is 206 Å². The van der Waals surface area contributed by atoms with E-state index >= 15 is 0 Å². The molecule has 1 aromatic rings. The number of hydrogen-bond donors (Lipinski definition) is 1. The molecule has 1 heterocycles. The average Bonchev–Trinajstić information content (AvgIpc) is 3.57. The van der Waals surface area contributed by atoms with E-state index in [-0.39, 0.29) is 37.8 Å². The van der Waals surface area contributed by atoms with E-state index in [2.05, 4.69) is 21.5 Å². The van der Waals surface area contributed by atoms with E-state index in [0.717, 1.165) is 19.3 Å². The van der Waals surface area contributed by atoms with Crippen molar-refractivity contribution in [3.05, 3.63) is 29.8 Å². The Morgan fingerprint density at radius 3 is 2.69 bits per heavy atom. The van der Waals surface area contributed by atoms with Gasteiger partial charge in [0.2, 0.25) is 11.8 Å². The summed E-state index contributed by atoms with van der Waals surface area (Å²) in [5.41, 5.74) is 0.00336. The molecule has 0 radical (unpaired) electrons. The molecule has 3 rings (SSSR count). The van der Waals surface area contributed by atoms with E-state index in [0.29, 0.717) is 30.6 Å². The first-order valence-corrected chi connectivity index (χ1v) is 12.2. The van der Waals surface area contributed by atoms with Gasteiger partial charge in [-0.05, 0) is 50.8 Å². The summed E-state index contributed by atoms with van der Waals surface area (Å²) in [5, 5.41) is 11.4. The van der Waals surface area contributed by atoms with Crippen LogP contribution in [0.1, 0.15) is 64.0 Å². The van der Waals surface area contributed by atoms with Crippen molar-refractivity contribution in [2.75, 3.05) is 26.4 Å². The van der Waals surface area contributed by atoms with Crippen LogP contribution in [0.15, 0.2) is 34.5 Å². The van der Waals surface area contributed by atoms with Crippen LogP contribution in [0.4, 0.5) is 4.39 Å². The third-order valence-electron chi connectivity index (χ3n) is 6.13. The molecule has 1 unspecified atom stereocenters. The van der Waals surface area contributed by atoms with Gasteiger partial charge in [-0.25, -0.2) is 4.39 Å². The van der Waals surface area contributed by atoms with Crippen molar-refractivity contribution in [3.63, 3.8) is 0 Å². The zero-order valence-electron chi connectivity index (χ0n) is 20.5. The van der Waals surface area contributed by atoms with Crippen molar-refractivity contribution in [2.24, 2.45) is 10.2 Å². The topological polar surface area (TPSA) is 92.6 Å². The lowest BCUT2D eigenvalue weighted by Gasteiger charge is -2.35. The van der Waals surface area contributed by atoms with Crippen LogP contribution < -0.4 is 10.1 Å². The highest BCUT2D eigenvalue weighted by Gasteiger charge is 2.41. The lowest BCUT2D eigenvalue weighted by Crippen LogP contribution is -2.49. The zero-order chi connectivity index (χ0) is 25.3. The number of rotatable bonds is 15. The van der Waals surface area contributed by atoms with Crippen LogP contribution in [-0.4, -0.2) is 61.0 Å². The molecular weight excluding hydrogens is 451 g/mol. The maximum Gasteiger partial charge on any atom is 0.249 e. The van der Waals surface area contributed by atoms with Crippen LogP contribution >= 0.6 is 0 Å². The van der Waals surface area contributed by atoms with Gasteiger partial charge in [-0.2, -0.15) is 10.2 Å². The summed E-state index contributed by atoms with van der Waals surface area (Å²) >= 11 is 0. The third-order valence-corrected chi connectivity index (χ3v) is 6.13. The molecule has 1 saturated carbocycles. The largest absolute Gasteiger partial charge is 0.491 e. The van der Waals surface area contributed by atoms with E-state index < -0.39 is 24.3 Å². The first-order chi connectivity index (χ1) is 16.9. The molecular formula is C26H35FN4O4. The van der Waals surface area contributed by atoms with Crippen LogP contribution in [0.2, 0.25) is 0 Å². The minimum atomic E-state index is -0.906. The van der Waals surface area contributed by atoms with Gasteiger partial charge in [-0.15, -0.1) is 12.3 Å². The summed E-state index contributed by atoms with van der Waals surface area (Å²) in [7, 11) is 0. The molecule has 0 saturated heterocycles. The van der Waals surface area contributed by atoms with Crippen LogP contribution in [0.5, 0.6) is 5.75 Å². The van der Waals surface area contributed by atoms with Gasteiger partial charge in [0.05, 0.1) is 12.7 Å². The van der Waals surface area contributed by atoms with Crippen molar-refractivity contribution in [1.29, 1.82) is 0 Å². The van der Waals surface area contributed by atoms with Gasteiger partial charge in [0.15, 0.2) is 5.66 Å². The van der Waals surface area contributed by atoms with E-state index in [1.807, 2.05) is 19.9 Å². The lowest BCUT2D eigenvalue weighted by molar-refractivity contribution is -0.145. The molecule has 2 amide bonds. The normalized spacial score (nSPS) is 16.8. The first-order valence-electron chi connectivity index (χ1n) is 12.2. The van der Waals surface area contributed by atoms with Crippen molar-refractivity contribution in [1.82, 2.24) is 10.2 Å². The highest BCUT2D eigenvalue weighted by Crippen LogP contribution is 2.38. The highest BCUT2D eigenvalue weighted by molar-refractivity contribution is 5.89. The summed E-state index contributed by atoms with van der Waals surface area (Å²) in [5.74, 6) is 2.53. The number of hydrogen-bond acceptors (Lipinski definition) is 6. The fourth-order valence-corrected chi connectivity index (χ4v) is 4.00. The standard InChI is InChI=1S/C26H35FN4O4/c1-4-5-12-26(29-30-26)13-15-31(23(32)18-34-16-14-27)24(25(33)28-21-9-7-10-21)20-8-6-11-22(17-20)35-19(2)3/h1,6,8,11,17,19,21,24H,5,7,9-10,12-16,18H2,2-3H3,(H,28,33). The van der Waals surface area contributed by atoms with E-state index in [1.54, 1.807) is 18.2 Å². The Balaban J connectivity index is 1.88. The second-order valence-electron chi connectivity index (χ2n) is 9.24. The maximum atomic E-state index is 13.5. The molecule has 1 aromatic carbocycles. The molecule has 190 valence electrons. The number of halogens is 1. The van der Waals surface area contributed by atoms with Crippen molar-refractivity contribution in [2.45, 2.75) is 76.2 Å². The average molecular weight is 487 g/mol. The first kappa shape index (κ1) is 26.6. The predicted molar refractivity (Wildman–Crippen MR) is 130 cm³/mol. The van der Waals surface area contributed by atoms with E-state index in [9.17, 15) is 14.0 Å². The van der Waals surface area contributed by atoms with Crippen molar-refractivity contribution >= 4 is 11.8 Å². The highest BCUT2D eigenvalue weighted by atomic mass is 19.1. The fourth-order valence-electron chi connectivity index (χ4n) is 4.00. The number of alkyl halides is 1. The van der Waals surface area contributed by atoms with E-state index in [4.69, 9.17) is 15.9 Å². The Morgan fingerprint density at radius 2 is 2.09 bits per heavy atom. The summed E-state index contributed by atoms with van der Waals surface area (Å²) in [6.45, 7) is 2.85. The molecule has 1 N–H and O–H groups in total. The zero-order valence-corrected chi connectivity index (χ0v) is 20.5. The summed E-state index contributed by atoms with van der Waals surface area (Å²) < 4.78 is 23.6. The fraction of sp³-hybridized carbons (Fsp3) is 0.615. The van der Waals surface area contributed by atoms with Crippen LogP contribution in [0.25, 0.3) is 0 Å². The maximum absolute atomic E-state index is 13.5. The quantitative estimate of drug-likeness (QED) is 0.300. The molecule has 1 atom stereocenters. The number of carbonyl (C=O) groups is 2. The Morgan fingerprint density at radius 1 is 1.31 bits per heavy atom. The van der Waals surface area contributed by atoms with Crippen LogP contribution in [0, 0.1) is 12.3 Å². The Bertz CT molecular complexity index is 936. The number of carbonyl (C=O) groups excluding carboxylic acids is 2. The van der Waals surface area contributed by atoms with Gasteiger partial charge in [0.25, 0.3) is 0 Å². The van der Waals surface area contributed by atoms with Gasteiger partial charge in [-0.1, -0.05) is 12.1 Å². The number of nitrogens with zero attached hydrogens (tertiary/aromatic N) is 3. The number of amides is 2. The number of nitrogens with one attached hydrogen (secondary N) is 1. The molecule has 9 heteroatoms. The third kappa shape index (κ3) is 7.76. The number of ether oxygens (including phenoxy) is 2.